The lowest BCUT2D eigenvalue weighted by Gasteiger charge is -2.05. The lowest BCUT2D eigenvalue weighted by Crippen LogP contribution is -2.02. The molecule has 1 heterocycles. The molecule has 1 aromatic carbocycles. The second kappa shape index (κ2) is 3.94. The fourth-order valence-electron chi connectivity index (χ4n) is 1.33. The average molecular weight is 235 g/mol. The van der Waals surface area contributed by atoms with Crippen LogP contribution in [0.4, 0.5) is 0 Å². The number of phenols is 1. The van der Waals surface area contributed by atoms with E-state index in [1.807, 2.05) is 0 Å². The van der Waals surface area contributed by atoms with Gasteiger partial charge in [-0.15, -0.1) is 0 Å². The molecule has 0 aliphatic heterocycles. The molecule has 2 aromatic rings. The van der Waals surface area contributed by atoms with E-state index in [0.29, 0.717) is 0 Å². The Morgan fingerprint density at radius 1 is 1.00 bits per heavy atom. The zero-order valence-electron chi connectivity index (χ0n) is 8.24. The molecule has 0 bridgehead atoms. The molecule has 16 heavy (non-hydrogen) atoms. The van der Waals surface area contributed by atoms with Crippen LogP contribution in [-0.2, 0) is 9.84 Å². The predicted octanol–water partition coefficient (Wildman–Crippen LogP) is 1.62. The SMILES string of the molecule is O=S(=O)(c1ccncc1)c1ccccc1O. The van der Waals surface area contributed by atoms with E-state index in [-0.39, 0.29) is 15.5 Å². The van der Waals surface area contributed by atoms with E-state index < -0.39 is 9.84 Å². The van der Waals surface area contributed by atoms with E-state index in [1.165, 1.54) is 36.7 Å². The highest BCUT2D eigenvalue weighted by atomic mass is 32.2. The van der Waals surface area contributed by atoms with Crippen molar-refractivity contribution in [2.75, 3.05) is 0 Å². The molecule has 1 N–H and O–H groups in total. The molecule has 0 spiro atoms. The molecule has 0 aliphatic carbocycles. The van der Waals surface area contributed by atoms with Crippen molar-refractivity contribution >= 4 is 9.84 Å². The number of hydrogen-bond donors (Lipinski definition) is 1. The van der Waals surface area contributed by atoms with Gasteiger partial charge in [0.25, 0.3) is 0 Å². The van der Waals surface area contributed by atoms with Crippen molar-refractivity contribution in [3.8, 4) is 5.75 Å². The normalized spacial score (nSPS) is 11.2. The number of phenolic OH excluding ortho intramolecular Hbond substituents is 1. The summed E-state index contributed by atoms with van der Waals surface area (Å²) in [6.07, 6.45) is 2.79. The molecule has 0 fully saturated rings. The molecule has 2 rings (SSSR count). The van der Waals surface area contributed by atoms with Crippen molar-refractivity contribution in [1.29, 1.82) is 0 Å². The highest BCUT2D eigenvalue weighted by Crippen LogP contribution is 2.27. The van der Waals surface area contributed by atoms with Crippen LogP contribution in [0.5, 0.6) is 5.75 Å². The summed E-state index contributed by atoms with van der Waals surface area (Å²) in [5, 5.41) is 9.51. The zero-order chi connectivity index (χ0) is 11.6. The van der Waals surface area contributed by atoms with E-state index in [4.69, 9.17) is 0 Å². The quantitative estimate of drug-likeness (QED) is 0.858. The molecule has 82 valence electrons. The number of hydrogen-bond acceptors (Lipinski definition) is 4. The molecule has 4 nitrogen and oxygen atoms in total. The number of pyridine rings is 1. The Hall–Kier alpha value is -1.88. The molecule has 0 radical (unpaired) electrons. The lowest BCUT2D eigenvalue weighted by atomic mass is 10.3. The van der Waals surface area contributed by atoms with Crippen molar-refractivity contribution in [3.63, 3.8) is 0 Å². The first-order valence-electron chi connectivity index (χ1n) is 4.55. The largest absolute Gasteiger partial charge is 0.507 e. The van der Waals surface area contributed by atoms with Crippen molar-refractivity contribution in [2.45, 2.75) is 9.79 Å². The second-order valence-corrected chi connectivity index (χ2v) is 5.07. The molecule has 0 saturated carbocycles. The lowest BCUT2D eigenvalue weighted by molar-refractivity contribution is 0.459. The van der Waals surface area contributed by atoms with E-state index >= 15 is 0 Å². The molecule has 1 aromatic heterocycles. The molecule has 0 unspecified atom stereocenters. The molecule has 0 atom stereocenters. The first-order chi connectivity index (χ1) is 7.62. The van der Waals surface area contributed by atoms with Crippen LogP contribution in [-0.4, -0.2) is 18.5 Å². The van der Waals surface area contributed by atoms with Crippen molar-refractivity contribution in [1.82, 2.24) is 4.98 Å². The number of benzene rings is 1. The fraction of sp³-hybridized carbons (Fsp3) is 0. The maximum Gasteiger partial charge on any atom is 0.210 e. The number of rotatable bonds is 2. The molecule has 0 amide bonds. The summed E-state index contributed by atoms with van der Waals surface area (Å²) in [6, 6.07) is 8.62. The molecular formula is C11H9NO3S. The van der Waals surface area contributed by atoms with Crippen LogP contribution in [0, 0.1) is 0 Å². The van der Waals surface area contributed by atoms with Crippen LogP contribution in [0.25, 0.3) is 0 Å². The maximum absolute atomic E-state index is 12.1. The van der Waals surface area contributed by atoms with Gasteiger partial charge in [-0.05, 0) is 24.3 Å². The Bertz CT molecular complexity index is 594. The summed E-state index contributed by atoms with van der Waals surface area (Å²) >= 11 is 0. The summed E-state index contributed by atoms with van der Waals surface area (Å²) in [5.41, 5.74) is 0. The van der Waals surface area contributed by atoms with E-state index in [0.717, 1.165) is 0 Å². The van der Waals surface area contributed by atoms with Crippen LogP contribution < -0.4 is 0 Å². The highest BCUT2D eigenvalue weighted by molar-refractivity contribution is 7.91. The topological polar surface area (TPSA) is 67.3 Å². The van der Waals surface area contributed by atoms with Gasteiger partial charge in [-0.25, -0.2) is 8.42 Å². The summed E-state index contributed by atoms with van der Waals surface area (Å²) in [4.78, 5) is 3.77. The van der Waals surface area contributed by atoms with Gasteiger partial charge >= 0.3 is 0 Å². The van der Waals surface area contributed by atoms with E-state index in [1.54, 1.807) is 12.1 Å². The van der Waals surface area contributed by atoms with Crippen molar-refractivity contribution < 1.29 is 13.5 Å². The minimum Gasteiger partial charge on any atom is -0.507 e. The Labute approximate surface area is 93.1 Å². The summed E-state index contributed by atoms with van der Waals surface area (Å²) in [6.45, 7) is 0. The summed E-state index contributed by atoms with van der Waals surface area (Å²) in [5.74, 6) is -0.251. The smallest absolute Gasteiger partial charge is 0.210 e. The van der Waals surface area contributed by atoms with Crippen LogP contribution in [0.1, 0.15) is 0 Å². The fourth-order valence-corrected chi connectivity index (χ4v) is 2.66. The minimum atomic E-state index is -3.66. The molecule has 5 heteroatoms. The van der Waals surface area contributed by atoms with Gasteiger partial charge in [0.15, 0.2) is 0 Å². The van der Waals surface area contributed by atoms with Gasteiger partial charge in [0, 0.05) is 12.4 Å². The van der Waals surface area contributed by atoms with E-state index in [9.17, 15) is 13.5 Å². The van der Waals surface area contributed by atoms with Crippen LogP contribution in [0.2, 0.25) is 0 Å². The average Bonchev–Trinajstić information content (AvgIpc) is 2.30. The third-order valence-corrected chi connectivity index (χ3v) is 3.93. The third-order valence-electron chi connectivity index (χ3n) is 2.11. The van der Waals surface area contributed by atoms with Gasteiger partial charge in [-0.1, -0.05) is 12.1 Å². The zero-order valence-corrected chi connectivity index (χ0v) is 9.05. The third kappa shape index (κ3) is 1.77. The van der Waals surface area contributed by atoms with Gasteiger partial charge < -0.3 is 5.11 Å². The number of nitrogens with zero attached hydrogens (tertiary/aromatic N) is 1. The minimum absolute atomic E-state index is 0.0961. The standard InChI is InChI=1S/C11H9NO3S/c13-10-3-1-2-4-11(10)16(14,15)9-5-7-12-8-6-9/h1-8,13H. The Balaban J connectivity index is 2.62. The molecule has 0 aliphatic rings. The van der Waals surface area contributed by atoms with Crippen LogP contribution in [0.15, 0.2) is 58.6 Å². The number of para-hydroxylation sites is 1. The van der Waals surface area contributed by atoms with Gasteiger partial charge in [-0.3, -0.25) is 4.98 Å². The number of aromatic hydroxyl groups is 1. The Morgan fingerprint density at radius 2 is 1.62 bits per heavy atom. The highest BCUT2D eigenvalue weighted by Gasteiger charge is 2.20. The second-order valence-electron chi connectivity index (χ2n) is 3.15. The van der Waals surface area contributed by atoms with E-state index in [2.05, 4.69) is 4.98 Å². The molecular weight excluding hydrogens is 226 g/mol. The molecule has 0 saturated heterocycles. The summed E-state index contributed by atoms with van der Waals surface area (Å²) < 4.78 is 24.1. The first-order valence-corrected chi connectivity index (χ1v) is 6.04. The predicted molar refractivity (Wildman–Crippen MR) is 57.8 cm³/mol. The van der Waals surface area contributed by atoms with Crippen LogP contribution >= 0.6 is 0 Å². The number of aromatic nitrogens is 1. The van der Waals surface area contributed by atoms with Gasteiger partial charge in [0.05, 0.1) is 4.90 Å². The van der Waals surface area contributed by atoms with Crippen LogP contribution in [0.3, 0.4) is 0 Å². The number of sulfone groups is 1. The van der Waals surface area contributed by atoms with Gasteiger partial charge in [-0.2, -0.15) is 0 Å². The van der Waals surface area contributed by atoms with Gasteiger partial charge in [0.1, 0.15) is 10.6 Å². The summed E-state index contributed by atoms with van der Waals surface area (Å²) in [7, 11) is -3.66. The Morgan fingerprint density at radius 3 is 2.25 bits per heavy atom. The van der Waals surface area contributed by atoms with Gasteiger partial charge in [0.2, 0.25) is 9.84 Å². The van der Waals surface area contributed by atoms with Crippen molar-refractivity contribution in [2.24, 2.45) is 0 Å². The first kappa shape index (κ1) is 10.6. The maximum atomic E-state index is 12.1. The Kier molecular flexibility index (Phi) is 2.62. The monoisotopic (exact) mass is 235 g/mol. The van der Waals surface area contributed by atoms with Crippen molar-refractivity contribution in [3.05, 3.63) is 48.8 Å².